The van der Waals surface area contributed by atoms with Crippen LogP contribution in [-0.4, -0.2) is 42.2 Å². The Balaban J connectivity index is 1.13. The van der Waals surface area contributed by atoms with Crippen molar-refractivity contribution in [1.82, 2.24) is 9.88 Å². The van der Waals surface area contributed by atoms with Crippen molar-refractivity contribution < 1.29 is 9.47 Å². The highest BCUT2D eigenvalue weighted by molar-refractivity contribution is 5.82. The number of aromatic nitrogens is 1. The van der Waals surface area contributed by atoms with Crippen LogP contribution in [0.25, 0.3) is 10.9 Å². The van der Waals surface area contributed by atoms with Gasteiger partial charge in [-0.25, -0.2) is 0 Å². The van der Waals surface area contributed by atoms with E-state index in [9.17, 15) is 0 Å². The SMILES string of the molecule is COc1cccc(OC2CN([C@H]3CC[C@@H](c4cc5cc(C#N)ccc5[nH]4)CC3)C2)c1. The summed E-state index contributed by atoms with van der Waals surface area (Å²) < 4.78 is 11.4. The van der Waals surface area contributed by atoms with Gasteiger partial charge in [0.1, 0.15) is 17.6 Å². The topological polar surface area (TPSA) is 61.3 Å². The van der Waals surface area contributed by atoms with E-state index in [1.54, 1.807) is 7.11 Å². The largest absolute Gasteiger partial charge is 0.497 e. The molecular formula is C25H27N3O2. The summed E-state index contributed by atoms with van der Waals surface area (Å²) in [7, 11) is 1.68. The zero-order valence-electron chi connectivity index (χ0n) is 17.3. The average molecular weight is 402 g/mol. The smallest absolute Gasteiger partial charge is 0.124 e. The third-order valence-electron chi connectivity index (χ3n) is 6.64. The minimum absolute atomic E-state index is 0.276. The molecule has 30 heavy (non-hydrogen) atoms. The van der Waals surface area contributed by atoms with Crippen molar-refractivity contribution in [2.24, 2.45) is 0 Å². The Morgan fingerprint density at radius 1 is 1.00 bits per heavy atom. The Morgan fingerprint density at radius 3 is 2.57 bits per heavy atom. The third-order valence-corrected chi connectivity index (χ3v) is 6.64. The fourth-order valence-corrected chi connectivity index (χ4v) is 4.91. The molecule has 5 nitrogen and oxygen atoms in total. The molecular weight excluding hydrogens is 374 g/mol. The Labute approximate surface area is 177 Å². The fraction of sp³-hybridized carbons (Fsp3) is 0.400. The van der Waals surface area contributed by atoms with Crippen molar-refractivity contribution in [2.45, 2.75) is 43.7 Å². The zero-order chi connectivity index (χ0) is 20.5. The summed E-state index contributed by atoms with van der Waals surface area (Å²) in [5.74, 6) is 2.31. The van der Waals surface area contributed by atoms with E-state index in [0.717, 1.165) is 41.1 Å². The van der Waals surface area contributed by atoms with Gasteiger partial charge in [0.05, 0.1) is 18.7 Å². The zero-order valence-corrected chi connectivity index (χ0v) is 17.3. The Morgan fingerprint density at radius 2 is 1.80 bits per heavy atom. The summed E-state index contributed by atoms with van der Waals surface area (Å²) in [6.45, 7) is 2.02. The van der Waals surface area contributed by atoms with Crippen LogP contribution in [0.2, 0.25) is 0 Å². The number of fused-ring (bicyclic) bond motifs is 1. The normalized spacial score (nSPS) is 22.4. The summed E-state index contributed by atoms with van der Waals surface area (Å²) in [6, 6.07) is 18.9. The van der Waals surface area contributed by atoms with Gasteiger partial charge in [-0.1, -0.05) is 6.07 Å². The number of nitrogens with one attached hydrogen (secondary N) is 1. The standard InChI is InChI=1S/C25H27N3O2/c1-29-21-3-2-4-22(13-21)30-23-15-28(16-23)20-8-6-18(7-9-20)25-12-19-11-17(14-26)5-10-24(19)27-25/h2-5,10-13,18,20,23,27H,6-9,15-16H2,1H3/t18-,20+. The second-order valence-electron chi connectivity index (χ2n) is 8.52. The maximum atomic E-state index is 9.11. The van der Waals surface area contributed by atoms with Crippen molar-refractivity contribution in [3.8, 4) is 17.6 Å². The monoisotopic (exact) mass is 401 g/mol. The number of aromatic amines is 1. The van der Waals surface area contributed by atoms with E-state index in [0.29, 0.717) is 12.0 Å². The van der Waals surface area contributed by atoms with Gasteiger partial charge in [-0.2, -0.15) is 5.26 Å². The maximum Gasteiger partial charge on any atom is 0.124 e. The van der Waals surface area contributed by atoms with E-state index in [1.807, 2.05) is 42.5 Å². The average Bonchev–Trinajstić information content (AvgIpc) is 3.19. The second-order valence-corrected chi connectivity index (χ2v) is 8.52. The van der Waals surface area contributed by atoms with Crippen LogP contribution in [0.5, 0.6) is 11.5 Å². The highest BCUT2D eigenvalue weighted by Gasteiger charge is 2.36. The molecule has 2 aromatic carbocycles. The summed E-state index contributed by atoms with van der Waals surface area (Å²) in [5.41, 5.74) is 3.17. The highest BCUT2D eigenvalue weighted by atomic mass is 16.5. The number of nitriles is 1. The number of likely N-dealkylation sites (tertiary alicyclic amines) is 1. The number of ether oxygens (including phenoxy) is 2. The van der Waals surface area contributed by atoms with Gasteiger partial charge in [0, 0.05) is 41.8 Å². The van der Waals surface area contributed by atoms with E-state index < -0.39 is 0 Å². The summed E-state index contributed by atoms with van der Waals surface area (Å²) >= 11 is 0. The molecule has 1 saturated carbocycles. The molecule has 0 spiro atoms. The van der Waals surface area contributed by atoms with Crippen LogP contribution in [-0.2, 0) is 0 Å². The van der Waals surface area contributed by atoms with Crippen molar-refractivity contribution in [1.29, 1.82) is 5.26 Å². The van der Waals surface area contributed by atoms with Crippen molar-refractivity contribution in [3.63, 3.8) is 0 Å². The van der Waals surface area contributed by atoms with Crippen LogP contribution in [0.15, 0.2) is 48.5 Å². The van der Waals surface area contributed by atoms with Crippen molar-refractivity contribution >= 4 is 10.9 Å². The molecule has 1 aromatic heterocycles. The summed E-state index contributed by atoms with van der Waals surface area (Å²) in [5, 5.41) is 10.3. The van der Waals surface area contributed by atoms with Gasteiger partial charge in [-0.3, -0.25) is 4.90 Å². The van der Waals surface area contributed by atoms with E-state index >= 15 is 0 Å². The summed E-state index contributed by atoms with van der Waals surface area (Å²) in [4.78, 5) is 6.15. The molecule has 0 unspecified atom stereocenters. The van der Waals surface area contributed by atoms with Gasteiger partial charge in [-0.15, -0.1) is 0 Å². The fourth-order valence-electron chi connectivity index (χ4n) is 4.91. The van der Waals surface area contributed by atoms with Crippen LogP contribution in [0.4, 0.5) is 0 Å². The van der Waals surface area contributed by atoms with E-state index in [4.69, 9.17) is 14.7 Å². The van der Waals surface area contributed by atoms with Gasteiger partial charge >= 0.3 is 0 Å². The van der Waals surface area contributed by atoms with Gasteiger partial charge < -0.3 is 14.5 Å². The first kappa shape index (κ1) is 19.0. The van der Waals surface area contributed by atoms with Crippen LogP contribution in [0.1, 0.15) is 42.9 Å². The number of nitrogens with zero attached hydrogens (tertiary/aromatic N) is 2. The molecule has 1 aliphatic heterocycles. The molecule has 0 radical (unpaired) electrons. The first-order valence-electron chi connectivity index (χ1n) is 10.8. The number of rotatable bonds is 5. The minimum Gasteiger partial charge on any atom is -0.497 e. The molecule has 1 N–H and O–H groups in total. The predicted molar refractivity (Wildman–Crippen MR) is 117 cm³/mol. The van der Waals surface area contributed by atoms with Gasteiger partial charge in [0.2, 0.25) is 0 Å². The molecule has 1 saturated heterocycles. The quantitative estimate of drug-likeness (QED) is 0.665. The van der Waals surface area contributed by atoms with Crippen molar-refractivity contribution in [3.05, 3.63) is 59.8 Å². The lowest BCUT2D eigenvalue weighted by atomic mass is 9.82. The van der Waals surface area contributed by atoms with E-state index in [-0.39, 0.29) is 6.10 Å². The van der Waals surface area contributed by atoms with E-state index in [2.05, 4.69) is 22.0 Å². The molecule has 2 fully saturated rings. The Bertz CT molecular complexity index is 1070. The van der Waals surface area contributed by atoms with Crippen molar-refractivity contribution in [2.75, 3.05) is 20.2 Å². The molecule has 0 atom stereocenters. The first-order valence-corrected chi connectivity index (χ1v) is 10.8. The van der Waals surface area contributed by atoms with Crippen LogP contribution < -0.4 is 9.47 Å². The summed E-state index contributed by atoms with van der Waals surface area (Å²) in [6.07, 6.45) is 5.16. The number of benzene rings is 2. The lowest BCUT2D eigenvalue weighted by molar-refractivity contribution is -0.0203. The Kier molecular flexibility index (Phi) is 5.10. The molecule has 0 bridgehead atoms. The van der Waals surface area contributed by atoms with Gasteiger partial charge in [-0.05, 0) is 68.0 Å². The molecule has 0 amide bonds. The number of methoxy groups -OCH3 is 1. The molecule has 5 heteroatoms. The van der Waals surface area contributed by atoms with Crippen LogP contribution >= 0.6 is 0 Å². The third kappa shape index (κ3) is 3.76. The minimum atomic E-state index is 0.276. The molecule has 1 aliphatic carbocycles. The maximum absolute atomic E-state index is 9.11. The second kappa shape index (κ2) is 8.04. The van der Waals surface area contributed by atoms with Gasteiger partial charge in [0.25, 0.3) is 0 Å². The predicted octanol–water partition coefficient (Wildman–Crippen LogP) is 4.84. The lowest BCUT2D eigenvalue weighted by Gasteiger charge is -2.46. The number of hydrogen-bond donors (Lipinski definition) is 1. The molecule has 2 aliphatic rings. The molecule has 2 heterocycles. The van der Waals surface area contributed by atoms with Crippen LogP contribution in [0, 0.1) is 11.3 Å². The lowest BCUT2D eigenvalue weighted by Crippen LogP contribution is -2.58. The first-order chi connectivity index (χ1) is 14.7. The number of hydrogen-bond acceptors (Lipinski definition) is 4. The van der Waals surface area contributed by atoms with Gasteiger partial charge in [0.15, 0.2) is 0 Å². The highest BCUT2D eigenvalue weighted by Crippen LogP contribution is 2.37. The molecule has 3 aromatic rings. The molecule has 154 valence electrons. The number of H-pyrrole nitrogens is 1. The van der Waals surface area contributed by atoms with E-state index in [1.165, 1.54) is 31.4 Å². The van der Waals surface area contributed by atoms with Crippen LogP contribution in [0.3, 0.4) is 0 Å². The molecule has 5 rings (SSSR count). The Hall–Kier alpha value is -2.97.